The topological polar surface area (TPSA) is 127 Å². The summed E-state index contributed by atoms with van der Waals surface area (Å²) in [6.45, 7) is 4.32. The molecule has 0 aromatic carbocycles. The van der Waals surface area contributed by atoms with Crippen LogP contribution in [0.1, 0.15) is 27.7 Å². The van der Waals surface area contributed by atoms with Crippen molar-refractivity contribution in [2.45, 2.75) is 60.5 Å². The van der Waals surface area contributed by atoms with Crippen molar-refractivity contribution >= 4 is 77.9 Å². The van der Waals surface area contributed by atoms with Gasteiger partial charge in [-0.3, -0.25) is 24.2 Å². The monoisotopic (exact) mass is 607 g/mol. The summed E-state index contributed by atoms with van der Waals surface area (Å²) in [5.74, 6) is -2.70. The normalized spacial score (nSPS) is 27.2. The fraction of sp³-hybridized carbons (Fsp3) is 0.688. The molecule has 13 heteroatoms. The maximum atomic E-state index is 11.7. The Kier molecular flexibility index (Phi) is 10.2. The van der Waals surface area contributed by atoms with E-state index in [1.807, 2.05) is 0 Å². The van der Waals surface area contributed by atoms with E-state index in [4.69, 9.17) is 23.7 Å². The summed E-state index contributed by atoms with van der Waals surface area (Å²) >= 11 is 9.71. The maximum absolute atomic E-state index is 11.7. The molecule has 1 fully saturated rings. The second-order valence-corrected chi connectivity index (χ2v) is 12.9. The standard InChI is InChI=1S/C16H20Br3NO9/c1-7(21)25-5-11-12(26-8(2)22)13(27-9(3)23)14(28-10(4)24)15(29-11)20-6-16(17,18)19/h6,11-15H,5H2,1-4H3/t11-,12-,13+,14-,15+/m1/s1. The summed E-state index contributed by atoms with van der Waals surface area (Å²) in [5.41, 5.74) is 0. The van der Waals surface area contributed by atoms with Gasteiger partial charge in [0.15, 0.2) is 26.7 Å². The highest BCUT2D eigenvalue weighted by atomic mass is 80.0. The zero-order chi connectivity index (χ0) is 22.4. The second kappa shape index (κ2) is 11.4. The molecule has 0 bridgehead atoms. The summed E-state index contributed by atoms with van der Waals surface area (Å²) in [4.78, 5) is 50.4. The van der Waals surface area contributed by atoms with Gasteiger partial charge in [0, 0.05) is 33.9 Å². The third kappa shape index (κ3) is 9.53. The number of esters is 4. The van der Waals surface area contributed by atoms with Crippen LogP contribution in [-0.4, -0.2) is 69.5 Å². The Morgan fingerprint density at radius 3 is 1.79 bits per heavy atom. The van der Waals surface area contributed by atoms with Crippen LogP contribution in [0.25, 0.3) is 0 Å². The van der Waals surface area contributed by atoms with E-state index in [2.05, 4.69) is 52.8 Å². The fourth-order valence-electron chi connectivity index (χ4n) is 2.48. The van der Waals surface area contributed by atoms with Gasteiger partial charge >= 0.3 is 23.9 Å². The molecule has 0 aromatic rings. The molecule has 0 aliphatic carbocycles. The van der Waals surface area contributed by atoms with Crippen molar-refractivity contribution in [3.05, 3.63) is 0 Å². The SMILES string of the molecule is CC(=O)OC[C@H]1O[C@H](N=CC(Br)(Br)Br)[C@H](OC(C)=O)[C@@H](OC(C)=O)[C@@H]1OC(C)=O. The van der Waals surface area contributed by atoms with Crippen LogP contribution in [0, 0.1) is 0 Å². The largest absolute Gasteiger partial charge is 0.463 e. The van der Waals surface area contributed by atoms with E-state index in [1.54, 1.807) is 0 Å². The van der Waals surface area contributed by atoms with Crippen molar-refractivity contribution < 1.29 is 42.9 Å². The third-order valence-corrected chi connectivity index (χ3v) is 3.95. The van der Waals surface area contributed by atoms with Gasteiger partial charge in [-0.25, -0.2) is 0 Å². The third-order valence-electron chi connectivity index (χ3n) is 3.33. The molecule has 0 unspecified atom stereocenters. The van der Waals surface area contributed by atoms with Crippen LogP contribution < -0.4 is 0 Å². The van der Waals surface area contributed by atoms with E-state index in [0.717, 1.165) is 20.8 Å². The van der Waals surface area contributed by atoms with Crippen LogP contribution in [-0.2, 0) is 42.9 Å². The quantitative estimate of drug-likeness (QED) is 0.192. The molecule has 1 saturated heterocycles. The van der Waals surface area contributed by atoms with Gasteiger partial charge in [0.2, 0.25) is 0 Å². The Hall–Kier alpha value is -1.05. The van der Waals surface area contributed by atoms with Gasteiger partial charge in [0.1, 0.15) is 12.7 Å². The highest BCUT2D eigenvalue weighted by Crippen LogP contribution is 2.33. The molecule has 29 heavy (non-hydrogen) atoms. The van der Waals surface area contributed by atoms with Gasteiger partial charge < -0.3 is 23.7 Å². The number of nitrogens with zero attached hydrogens (tertiary/aromatic N) is 1. The minimum absolute atomic E-state index is 0.314. The maximum Gasteiger partial charge on any atom is 0.303 e. The van der Waals surface area contributed by atoms with Crippen molar-refractivity contribution in [1.29, 1.82) is 0 Å². The number of hydrogen-bond donors (Lipinski definition) is 0. The number of carbonyl (C=O) groups is 4. The van der Waals surface area contributed by atoms with Gasteiger partial charge in [-0.1, -0.05) is 47.8 Å². The Labute approximate surface area is 192 Å². The summed E-state index contributed by atoms with van der Waals surface area (Å²) in [6.07, 6.45) is -4.56. The predicted molar refractivity (Wildman–Crippen MR) is 110 cm³/mol. The van der Waals surface area contributed by atoms with Crippen molar-refractivity contribution in [3.8, 4) is 0 Å². The van der Waals surface area contributed by atoms with Crippen LogP contribution in [0.4, 0.5) is 0 Å². The Bertz CT molecular complexity index is 665. The number of aliphatic imine (C=N–C) groups is 1. The Balaban J connectivity index is 3.37. The summed E-state index contributed by atoms with van der Waals surface area (Å²) < 4.78 is 25.7. The van der Waals surface area contributed by atoms with Crippen LogP contribution >= 0.6 is 47.8 Å². The first-order chi connectivity index (χ1) is 13.3. The molecule has 1 aliphatic rings. The molecule has 0 aromatic heterocycles. The van der Waals surface area contributed by atoms with Gasteiger partial charge in [-0.05, 0) is 0 Å². The van der Waals surface area contributed by atoms with E-state index in [-0.39, 0.29) is 6.61 Å². The lowest BCUT2D eigenvalue weighted by Gasteiger charge is -2.43. The molecular weight excluding hydrogens is 590 g/mol. The Morgan fingerprint density at radius 1 is 0.862 bits per heavy atom. The van der Waals surface area contributed by atoms with E-state index in [9.17, 15) is 19.2 Å². The molecule has 0 saturated carbocycles. The average molecular weight is 610 g/mol. The first kappa shape index (κ1) is 26.0. The molecule has 164 valence electrons. The number of ether oxygens (including phenoxy) is 5. The van der Waals surface area contributed by atoms with E-state index in [0.29, 0.717) is 0 Å². The number of rotatable bonds is 6. The Morgan fingerprint density at radius 2 is 1.34 bits per heavy atom. The molecule has 1 rings (SSSR count). The molecule has 10 nitrogen and oxygen atoms in total. The van der Waals surface area contributed by atoms with Crippen molar-refractivity contribution in [1.82, 2.24) is 0 Å². The molecule has 0 radical (unpaired) electrons. The van der Waals surface area contributed by atoms with Gasteiger partial charge in [-0.15, -0.1) is 0 Å². The van der Waals surface area contributed by atoms with E-state index >= 15 is 0 Å². The molecule has 1 aliphatic heterocycles. The van der Waals surface area contributed by atoms with Crippen molar-refractivity contribution in [2.75, 3.05) is 6.61 Å². The van der Waals surface area contributed by atoms with Crippen LogP contribution in [0.5, 0.6) is 0 Å². The van der Waals surface area contributed by atoms with Crippen LogP contribution in [0.2, 0.25) is 0 Å². The second-order valence-electron chi connectivity index (χ2n) is 5.91. The average Bonchev–Trinajstić information content (AvgIpc) is 2.53. The number of carbonyl (C=O) groups excluding carboxylic acids is 4. The fourth-order valence-corrected chi connectivity index (χ4v) is 2.84. The van der Waals surface area contributed by atoms with Gasteiger partial charge in [0.25, 0.3) is 0 Å². The lowest BCUT2D eigenvalue weighted by atomic mass is 9.97. The summed E-state index contributed by atoms with van der Waals surface area (Å²) in [7, 11) is 0. The van der Waals surface area contributed by atoms with Crippen molar-refractivity contribution in [3.63, 3.8) is 0 Å². The number of alkyl halides is 3. The van der Waals surface area contributed by atoms with E-state index < -0.39 is 56.7 Å². The predicted octanol–water partition coefficient (Wildman–Crippen LogP) is 1.98. The summed E-state index contributed by atoms with van der Waals surface area (Å²) in [5, 5.41) is 0. The van der Waals surface area contributed by atoms with Gasteiger partial charge in [-0.2, -0.15) is 0 Å². The smallest absolute Gasteiger partial charge is 0.303 e. The lowest BCUT2D eigenvalue weighted by Crippen LogP contribution is -2.62. The molecular formula is C16H20Br3NO9. The number of halogens is 3. The van der Waals surface area contributed by atoms with Crippen LogP contribution in [0.15, 0.2) is 4.99 Å². The molecule has 0 amide bonds. The minimum Gasteiger partial charge on any atom is -0.463 e. The van der Waals surface area contributed by atoms with E-state index in [1.165, 1.54) is 13.1 Å². The molecule has 0 N–H and O–H groups in total. The zero-order valence-corrected chi connectivity index (χ0v) is 20.7. The first-order valence-corrected chi connectivity index (χ1v) is 10.6. The lowest BCUT2D eigenvalue weighted by molar-refractivity contribution is -0.250. The number of hydrogen-bond acceptors (Lipinski definition) is 10. The molecule has 5 atom stereocenters. The highest BCUT2D eigenvalue weighted by Gasteiger charge is 2.52. The van der Waals surface area contributed by atoms with Crippen LogP contribution in [0.3, 0.4) is 0 Å². The highest BCUT2D eigenvalue weighted by molar-refractivity contribution is 9.40. The van der Waals surface area contributed by atoms with Crippen molar-refractivity contribution in [2.24, 2.45) is 4.99 Å². The molecule has 0 spiro atoms. The zero-order valence-electron chi connectivity index (χ0n) is 15.9. The first-order valence-electron chi connectivity index (χ1n) is 8.21. The summed E-state index contributed by atoms with van der Waals surface area (Å²) in [6, 6.07) is 0. The molecule has 1 heterocycles. The minimum atomic E-state index is -1.26. The van der Waals surface area contributed by atoms with Gasteiger partial charge in [0.05, 0.1) is 0 Å².